The average Bonchev–Trinajstić information content (AvgIpc) is 3.37. The van der Waals surface area contributed by atoms with Crippen LogP contribution in [0.4, 0.5) is 0 Å². The van der Waals surface area contributed by atoms with Crippen molar-refractivity contribution in [1.29, 1.82) is 0 Å². The number of aromatic nitrogens is 2. The van der Waals surface area contributed by atoms with Crippen molar-refractivity contribution in [2.45, 2.75) is 13.0 Å². The molecule has 4 rings (SSSR count). The average molecular weight is 384 g/mol. The van der Waals surface area contributed by atoms with Crippen LogP contribution in [0, 0.1) is 0 Å². The Labute approximate surface area is 159 Å². The maximum Gasteiger partial charge on any atom is 0.331 e. The third-order valence-electron chi connectivity index (χ3n) is 3.79. The first-order valence-corrected chi connectivity index (χ1v) is 9.22. The van der Waals surface area contributed by atoms with Crippen LogP contribution in [0.25, 0.3) is 16.8 Å². The molecule has 8 heteroatoms. The zero-order valence-corrected chi connectivity index (χ0v) is 15.3. The summed E-state index contributed by atoms with van der Waals surface area (Å²) in [6, 6.07) is 9.25. The zero-order chi connectivity index (χ0) is 18.6. The zero-order valence-electron chi connectivity index (χ0n) is 14.5. The molecule has 0 spiro atoms. The molecule has 1 aromatic carbocycles. The first-order chi connectivity index (χ1) is 13.2. The van der Waals surface area contributed by atoms with Crippen molar-refractivity contribution in [3.63, 3.8) is 0 Å². The molecule has 3 heterocycles. The van der Waals surface area contributed by atoms with E-state index in [-0.39, 0.29) is 5.89 Å². The SMILES string of the molecule is CC(OC(=O)C=Cc1ccc2c(c1)OCCO2)c1nnc(-c2cccs2)o1. The van der Waals surface area contributed by atoms with Crippen LogP contribution in [0.15, 0.2) is 46.2 Å². The lowest BCUT2D eigenvalue weighted by Crippen LogP contribution is -2.15. The predicted octanol–water partition coefficient (Wildman–Crippen LogP) is 3.89. The Balaban J connectivity index is 1.38. The van der Waals surface area contributed by atoms with Gasteiger partial charge in [0.1, 0.15) is 13.2 Å². The first-order valence-electron chi connectivity index (χ1n) is 8.34. The normalized spacial score (nSPS) is 14.3. The van der Waals surface area contributed by atoms with E-state index in [9.17, 15) is 4.79 Å². The van der Waals surface area contributed by atoms with E-state index in [1.807, 2.05) is 35.7 Å². The molecule has 0 bridgehead atoms. The van der Waals surface area contributed by atoms with Crippen molar-refractivity contribution < 1.29 is 23.4 Å². The molecule has 0 saturated heterocycles. The molecule has 2 aromatic heterocycles. The van der Waals surface area contributed by atoms with Gasteiger partial charge in [0.25, 0.3) is 11.8 Å². The molecule has 0 aliphatic carbocycles. The van der Waals surface area contributed by atoms with Gasteiger partial charge in [-0.15, -0.1) is 21.5 Å². The number of fused-ring (bicyclic) bond motifs is 1. The molecule has 1 atom stereocenters. The van der Waals surface area contributed by atoms with Gasteiger partial charge in [0.2, 0.25) is 0 Å². The molecule has 27 heavy (non-hydrogen) atoms. The van der Waals surface area contributed by atoms with Gasteiger partial charge in [-0.05, 0) is 42.1 Å². The Kier molecular flexibility index (Phi) is 4.88. The highest BCUT2D eigenvalue weighted by atomic mass is 32.1. The lowest BCUT2D eigenvalue weighted by atomic mass is 10.2. The Hall–Kier alpha value is -3.13. The second-order valence-electron chi connectivity index (χ2n) is 5.74. The third kappa shape index (κ3) is 4.01. The van der Waals surface area contributed by atoms with Crippen molar-refractivity contribution in [3.8, 4) is 22.3 Å². The molecule has 0 saturated carbocycles. The van der Waals surface area contributed by atoms with Gasteiger partial charge in [-0.2, -0.15) is 0 Å². The second kappa shape index (κ2) is 7.63. The summed E-state index contributed by atoms with van der Waals surface area (Å²) >= 11 is 1.50. The quantitative estimate of drug-likeness (QED) is 0.487. The van der Waals surface area contributed by atoms with E-state index < -0.39 is 12.1 Å². The van der Waals surface area contributed by atoms with E-state index in [0.717, 1.165) is 10.4 Å². The molecular formula is C19H16N2O5S. The van der Waals surface area contributed by atoms with Crippen molar-refractivity contribution >= 4 is 23.4 Å². The molecule has 138 valence electrons. The van der Waals surface area contributed by atoms with E-state index in [1.165, 1.54) is 17.4 Å². The van der Waals surface area contributed by atoms with E-state index in [4.69, 9.17) is 18.6 Å². The highest BCUT2D eigenvalue weighted by Crippen LogP contribution is 2.31. The number of rotatable bonds is 5. The van der Waals surface area contributed by atoms with Gasteiger partial charge in [0.05, 0.1) is 4.88 Å². The number of carbonyl (C=O) groups excluding carboxylic acids is 1. The Morgan fingerprint density at radius 1 is 1.22 bits per heavy atom. The van der Waals surface area contributed by atoms with Crippen molar-refractivity contribution in [2.75, 3.05) is 13.2 Å². The van der Waals surface area contributed by atoms with Crippen LogP contribution in [-0.2, 0) is 9.53 Å². The number of ether oxygens (including phenoxy) is 3. The number of hydrogen-bond donors (Lipinski definition) is 0. The van der Waals surface area contributed by atoms with Gasteiger partial charge in [0, 0.05) is 6.08 Å². The maximum atomic E-state index is 12.1. The smallest absolute Gasteiger partial charge is 0.331 e. The summed E-state index contributed by atoms with van der Waals surface area (Å²) in [5.41, 5.74) is 0.807. The van der Waals surface area contributed by atoms with Crippen molar-refractivity contribution in [3.05, 3.63) is 53.2 Å². The number of esters is 1. The minimum atomic E-state index is -0.649. The van der Waals surface area contributed by atoms with E-state index in [1.54, 1.807) is 13.0 Å². The first kappa shape index (κ1) is 17.3. The van der Waals surface area contributed by atoms with E-state index >= 15 is 0 Å². The van der Waals surface area contributed by atoms with Crippen molar-refractivity contribution in [2.24, 2.45) is 0 Å². The predicted molar refractivity (Wildman–Crippen MR) is 98.6 cm³/mol. The summed E-state index contributed by atoms with van der Waals surface area (Å²) in [6.07, 6.45) is 2.35. The van der Waals surface area contributed by atoms with Gasteiger partial charge >= 0.3 is 5.97 Å². The molecule has 3 aromatic rings. The monoisotopic (exact) mass is 384 g/mol. The fourth-order valence-corrected chi connectivity index (χ4v) is 3.13. The largest absolute Gasteiger partial charge is 0.486 e. The van der Waals surface area contributed by atoms with Crippen LogP contribution >= 0.6 is 11.3 Å². The van der Waals surface area contributed by atoms with Crippen LogP contribution in [-0.4, -0.2) is 29.4 Å². The van der Waals surface area contributed by atoms with Gasteiger partial charge < -0.3 is 18.6 Å². The number of benzene rings is 1. The molecule has 1 unspecified atom stereocenters. The minimum Gasteiger partial charge on any atom is -0.486 e. The fraction of sp³-hybridized carbons (Fsp3) is 0.211. The van der Waals surface area contributed by atoms with Crippen molar-refractivity contribution in [1.82, 2.24) is 10.2 Å². The molecule has 0 radical (unpaired) electrons. The second-order valence-corrected chi connectivity index (χ2v) is 6.69. The summed E-state index contributed by atoms with van der Waals surface area (Å²) in [6.45, 7) is 2.73. The topological polar surface area (TPSA) is 83.7 Å². The molecule has 1 aliphatic rings. The number of nitrogens with zero attached hydrogens (tertiary/aromatic N) is 2. The molecule has 0 amide bonds. The number of thiophene rings is 1. The molecule has 1 aliphatic heterocycles. The maximum absolute atomic E-state index is 12.1. The summed E-state index contributed by atoms with van der Waals surface area (Å²) < 4.78 is 21.9. The standard InChI is InChI=1S/C19H16N2O5S/c1-12(18-20-21-19(26-18)16-3-2-10-27-16)25-17(22)7-5-13-4-6-14-15(11-13)24-9-8-23-14/h2-7,10-12H,8-9H2,1H3. The molecule has 0 N–H and O–H groups in total. The molecule has 0 fully saturated rings. The lowest BCUT2D eigenvalue weighted by Gasteiger charge is -2.18. The Morgan fingerprint density at radius 3 is 2.89 bits per heavy atom. The Morgan fingerprint density at radius 2 is 2.07 bits per heavy atom. The van der Waals surface area contributed by atoms with Crippen LogP contribution in [0.2, 0.25) is 0 Å². The number of carbonyl (C=O) groups is 1. The number of hydrogen-bond acceptors (Lipinski definition) is 8. The highest BCUT2D eigenvalue weighted by molar-refractivity contribution is 7.13. The summed E-state index contributed by atoms with van der Waals surface area (Å²) in [7, 11) is 0. The summed E-state index contributed by atoms with van der Waals surface area (Å²) in [5, 5.41) is 9.85. The fourth-order valence-electron chi connectivity index (χ4n) is 2.49. The third-order valence-corrected chi connectivity index (χ3v) is 4.65. The minimum absolute atomic E-state index is 0.250. The van der Waals surface area contributed by atoms with Gasteiger partial charge in [-0.1, -0.05) is 12.1 Å². The molecular weight excluding hydrogens is 368 g/mol. The van der Waals surface area contributed by atoms with Crippen LogP contribution < -0.4 is 9.47 Å². The van der Waals surface area contributed by atoms with Crippen LogP contribution in [0.5, 0.6) is 11.5 Å². The van der Waals surface area contributed by atoms with Gasteiger partial charge in [0.15, 0.2) is 17.6 Å². The van der Waals surface area contributed by atoms with E-state index in [0.29, 0.717) is 30.6 Å². The van der Waals surface area contributed by atoms with E-state index in [2.05, 4.69) is 10.2 Å². The summed E-state index contributed by atoms with van der Waals surface area (Å²) in [5.74, 6) is 1.52. The molecule has 7 nitrogen and oxygen atoms in total. The highest BCUT2D eigenvalue weighted by Gasteiger charge is 2.18. The van der Waals surface area contributed by atoms with Crippen LogP contribution in [0.1, 0.15) is 24.5 Å². The van der Waals surface area contributed by atoms with Crippen LogP contribution in [0.3, 0.4) is 0 Å². The Bertz CT molecular complexity index is 964. The lowest BCUT2D eigenvalue weighted by molar-refractivity contribution is -0.143. The summed E-state index contributed by atoms with van der Waals surface area (Å²) in [4.78, 5) is 12.9. The van der Waals surface area contributed by atoms with Gasteiger partial charge in [-0.25, -0.2) is 4.79 Å². The van der Waals surface area contributed by atoms with Gasteiger partial charge in [-0.3, -0.25) is 0 Å².